The van der Waals surface area contributed by atoms with Gasteiger partial charge in [0.25, 0.3) is 0 Å². The number of benzene rings is 1. The van der Waals surface area contributed by atoms with Gasteiger partial charge in [-0.15, -0.1) is 0 Å². The first-order valence-electron chi connectivity index (χ1n) is 8.11. The highest BCUT2D eigenvalue weighted by Gasteiger charge is 2.33. The van der Waals surface area contributed by atoms with E-state index in [9.17, 15) is 0 Å². The van der Waals surface area contributed by atoms with Gasteiger partial charge in [0.15, 0.2) is 0 Å². The molecule has 2 N–H and O–H groups in total. The van der Waals surface area contributed by atoms with Crippen molar-refractivity contribution >= 4 is 0 Å². The molecule has 1 aromatic carbocycles. The van der Waals surface area contributed by atoms with E-state index in [0.717, 1.165) is 13.1 Å². The van der Waals surface area contributed by atoms with Gasteiger partial charge in [0, 0.05) is 12.1 Å². The summed E-state index contributed by atoms with van der Waals surface area (Å²) in [6.45, 7) is 11.0. The summed E-state index contributed by atoms with van der Waals surface area (Å²) in [7, 11) is 0. The summed E-state index contributed by atoms with van der Waals surface area (Å²) < 4.78 is 0. The Hall–Kier alpha value is -0.860. The molecule has 0 radical (unpaired) electrons. The molecule has 0 aromatic heterocycles. The summed E-state index contributed by atoms with van der Waals surface area (Å²) in [5, 5.41) is 0. The van der Waals surface area contributed by atoms with Crippen molar-refractivity contribution in [1.82, 2.24) is 4.90 Å². The van der Waals surface area contributed by atoms with Gasteiger partial charge in [-0.2, -0.15) is 0 Å². The highest BCUT2D eigenvalue weighted by molar-refractivity contribution is 5.32. The van der Waals surface area contributed by atoms with Crippen LogP contribution in [0.5, 0.6) is 0 Å². The number of nitrogens with two attached hydrogens (primary N) is 1. The predicted molar refractivity (Wildman–Crippen MR) is 86.9 cm³/mol. The summed E-state index contributed by atoms with van der Waals surface area (Å²) in [5.74, 6) is 0.683. The van der Waals surface area contributed by atoms with Crippen molar-refractivity contribution < 1.29 is 0 Å². The standard InChI is InChI=1S/C18H30N2/c1-5-20(18-8-6-7-16(18)12-19)15(4)17-11-13(2)9-10-14(17)3/h9-11,15-16,18H,5-8,12,19H2,1-4H3. The molecule has 2 heteroatoms. The van der Waals surface area contributed by atoms with Crippen molar-refractivity contribution in [2.45, 2.75) is 59.0 Å². The van der Waals surface area contributed by atoms with Gasteiger partial charge in [-0.05, 0) is 63.7 Å². The van der Waals surface area contributed by atoms with Gasteiger partial charge in [-0.3, -0.25) is 4.90 Å². The number of rotatable bonds is 5. The molecule has 2 nitrogen and oxygen atoms in total. The van der Waals surface area contributed by atoms with Crippen LogP contribution in [-0.2, 0) is 0 Å². The van der Waals surface area contributed by atoms with E-state index in [-0.39, 0.29) is 0 Å². The van der Waals surface area contributed by atoms with Crippen molar-refractivity contribution in [2.24, 2.45) is 11.7 Å². The lowest BCUT2D eigenvalue weighted by atomic mass is 9.95. The highest BCUT2D eigenvalue weighted by atomic mass is 15.2. The summed E-state index contributed by atoms with van der Waals surface area (Å²) >= 11 is 0. The van der Waals surface area contributed by atoms with E-state index in [0.29, 0.717) is 18.0 Å². The lowest BCUT2D eigenvalue weighted by Crippen LogP contribution is -2.41. The lowest BCUT2D eigenvalue weighted by Gasteiger charge is -2.37. The van der Waals surface area contributed by atoms with Gasteiger partial charge in [0.2, 0.25) is 0 Å². The molecule has 3 atom stereocenters. The van der Waals surface area contributed by atoms with Gasteiger partial charge in [-0.25, -0.2) is 0 Å². The number of aryl methyl sites for hydroxylation is 2. The minimum absolute atomic E-state index is 0.483. The SMILES string of the molecule is CCN(C(C)c1cc(C)ccc1C)C1CCCC1CN. The molecule has 20 heavy (non-hydrogen) atoms. The van der Waals surface area contributed by atoms with Crippen molar-refractivity contribution in [3.63, 3.8) is 0 Å². The van der Waals surface area contributed by atoms with Crippen molar-refractivity contribution in [2.75, 3.05) is 13.1 Å². The first-order chi connectivity index (χ1) is 9.58. The number of hydrogen-bond donors (Lipinski definition) is 1. The van der Waals surface area contributed by atoms with Crippen LogP contribution >= 0.6 is 0 Å². The third-order valence-corrected chi connectivity index (χ3v) is 5.10. The summed E-state index contributed by atoms with van der Waals surface area (Å²) in [6, 6.07) is 7.97. The second-order valence-electron chi connectivity index (χ2n) is 6.36. The molecule has 0 aliphatic heterocycles. The molecule has 0 spiro atoms. The van der Waals surface area contributed by atoms with E-state index in [1.54, 1.807) is 0 Å². The fourth-order valence-electron chi connectivity index (χ4n) is 3.91. The van der Waals surface area contributed by atoms with E-state index in [1.165, 1.54) is 36.0 Å². The summed E-state index contributed by atoms with van der Waals surface area (Å²) in [6.07, 6.45) is 3.95. The summed E-state index contributed by atoms with van der Waals surface area (Å²) in [5.41, 5.74) is 10.2. The minimum atomic E-state index is 0.483. The molecule has 1 aromatic rings. The monoisotopic (exact) mass is 274 g/mol. The largest absolute Gasteiger partial charge is 0.330 e. The Kier molecular flexibility index (Phi) is 5.22. The van der Waals surface area contributed by atoms with Crippen LogP contribution < -0.4 is 5.73 Å². The van der Waals surface area contributed by atoms with Crippen LogP contribution in [0.1, 0.15) is 55.8 Å². The fourth-order valence-corrected chi connectivity index (χ4v) is 3.91. The van der Waals surface area contributed by atoms with E-state index >= 15 is 0 Å². The first kappa shape index (κ1) is 15.5. The molecule has 0 bridgehead atoms. The summed E-state index contributed by atoms with van der Waals surface area (Å²) in [4.78, 5) is 2.67. The highest BCUT2D eigenvalue weighted by Crippen LogP contribution is 2.35. The Morgan fingerprint density at radius 1 is 1.30 bits per heavy atom. The van der Waals surface area contributed by atoms with Crippen molar-refractivity contribution in [3.8, 4) is 0 Å². The van der Waals surface area contributed by atoms with Gasteiger partial charge in [-0.1, -0.05) is 37.1 Å². The molecular weight excluding hydrogens is 244 g/mol. The zero-order chi connectivity index (χ0) is 14.7. The van der Waals surface area contributed by atoms with Gasteiger partial charge in [0.05, 0.1) is 0 Å². The van der Waals surface area contributed by atoms with Crippen LogP contribution in [0.4, 0.5) is 0 Å². The van der Waals surface area contributed by atoms with E-state index in [1.807, 2.05) is 0 Å². The quantitative estimate of drug-likeness (QED) is 0.884. The van der Waals surface area contributed by atoms with Crippen LogP contribution in [0, 0.1) is 19.8 Å². The average Bonchev–Trinajstić information content (AvgIpc) is 2.90. The first-order valence-corrected chi connectivity index (χ1v) is 8.11. The molecule has 0 heterocycles. The Morgan fingerprint density at radius 3 is 2.70 bits per heavy atom. The molecule has 2 rings (SSSR count). The second-order valence-corrected chi connectivity index (χ2v) is 6.36. The van der Waals surface area contributed by atoms with Gasteiger partial charge < -0.3 is 5.73 Å². The van der Waals surface area contributed by atoms with Gasteiger partial charge in [0.1, 0.15) is 0 Å². The Bertz CT molecular complexity index is 441. The molecular formula is C18H30N2. The lowest BCUT2D eigenvalue weighted by molar-refractivity contribution is 0.123. The number of hydrogen-bond acceptors (Lipinski definition) is 2. The maximum atomic E-state index is 5.98. The predicted octanol–water partition coefficient (Wildman–Crippen LogP) is 3.81. The molecule has 1 saturated carbocycles. The maximum absolute atomic E-state index is 5.98. The Labute approximate surface area is 124 Å². The second kappa shape index (κ2) is 6.73. The Morgan fingerprint density at radius 2 is 2.05 bits per heavy atom. The van der Waals surface area contributed by atoms with Crippen LogP contribution in [-0.4, -0.2) is 24.0 Å². The number of nitrogens with zero attached hydrogens (tertiary/aromatic N) is 1. The van der Waals surface area contributed by atoms with Crippen LogP contribution in [0.25, 0.3) is 0 Å². The van der Waals surface area contributed by atoms with E-state index < -0.39 is 0 Å². The third-order valence-electron chi connectivity index (χ3n) is 5.10. The van der Waals surface area contributed by atoms with E-state index in [4.69, 9.17) is 5.73 Å². The maximum Gasteiger partial charge on any atom is 0.0325 e. The van der Waals surface area contributed by atoms with Crippen molar-refractivity contribution in [1.29, 1.82) is 0 Å². The van der Waals surface area contributed by atoms with Crippen LogP contribution in [0.2, 0.25) is 0 Å². The topological polar surface area (TPSA) is 29.3 Å². The minimum Gasteiger partial charge on any atom is -0.330 e. The molecule has 3 unspecified atom stereocenters. The normalized spacial score (nSPS) is 24.3. The van der Waals surface area contributed by atoms with Crippen LogP contribution in [0.15, 0.2) is 18.2 Å². The zero-order valence-electron chi connectivity index (χ0n) is 13.5. The fraction of sp³-hybridized carbons (Fsp3) is 0.667. The zero-order valence-corrected chi connectivity index (χ0v) is 13.5. The Balaban J connectivity index is 2.24. The van der Waals surface area contributed by atoms with Crippen molar-refractivity contribution in [3.05, 3.63) is 34.9 Å². The molecule has 1 aliphatic carbocycles. The van der Waals surface area contributed by atoms with Crippen LogP contribution in [0.3, 0.4) is 0 Å². The van der Waals surface area contributed by atoms with E-state index in [2.05, 4.69) is 50.8 Å². The molecule has 0 saturated heterocycles. The molecule has 0 amide bonds. The molecule has 112 valence electrons. The molecule has 1 fully saturated rings. The van der Waals surface area contributed by atoms with Gasteiger partial charge >= 0.3 is 0 Å². The smallest absolute Gasteiger partial charge is 0.0325 e. The average molecular weight is 274 g/mol. The molecule has 1 aliphatic rings. The third kappa shape index (κ3) is 3.07.